The number of ether oxygens (including phenoxy) is 1. The van der Waals surface area contributed by atoms with Crippen molar-refractivity contribution >= 4 is 17.5 Å². The molecule has 8 heteroatoms. The molecule has 3 saturated carbocycles. The number of Topliss-reactive ketones (excluding diaryl/α,β-unsaturated/α-hetero) is 1. The topological polar surface area (TPSA) is 121 Å². The van der Waals surface area contributed by atoms with Crippen molar-refractivity contribution in [2.75, 3.05) is 6.61 Å². The number of aliphatic hydroxyl groups excluding tert-OH is 2. The Kier molecular flexibility index (Phi) is 5.04. The number of allylic oxidation sites excluding steroid dienone is 1. The number of carbonyl (C=O) groups is 3. The molecule has 4 rings (SSSR count). The summed E-state index contributed by atoms with van der Waals surface area (Å²) < 4.78 is 21.7. The molecule has 172 valence electrons. The first-order chi connectivity index (χ1) is 14.3. The lowest BCUT2D eigenvalue weighted by molar-refractivity contribution is -0.230. The minimum absolute atomic E-state index is 0.00985. The second-order valence-electron chi connectivity index (χ2n) is 10.3. The first-order valence-electron chi connectivity index (χ1n) is 11.0. The smallest absolute Gasteiger partial charge is 0.303 e. The Hall–Kier alpha value is -1.64. The Bertz CT molecular complexity index is 870. The van der Waals surface area contributed by atoms with Gasteiger partial charge in [0.1, 0.15) is 5.67 Å². The number of ketones is 2. The number of rotatable bonds is 3. The second kappa shape index (κ2) is 6.93. The lowest BCUT2D eigenvalue weighted by Crippen LogP contribution is -2.70. The number of halogens is 1. The van der Waals surface area contributed by atoms with Crippen LogP contribution < -0.4 is 0 Å². The van der Waals surface area contributed by atoms with Crippen LogP contribution in [0.4, 0.5) is 4.39 Å². The van der Waals surface area contributed by atoms with Crippen LogP contribution in [0.3, 0.4) is 0 Å². The highest BCUT2D eigenvalue weighted by molar-refractivity contribution is 5.92. The van der Waals surface area contributed by atoms with Gasteiger partial charge in [-0.1, -0.05) is 19.4 Å². The van der Waals surface area contributed by atoms with Crippen LogP contribution in [0.1, 0.15) is 59.3 Å². The zero-order valence-electron chi connectivity index (χ0n) is 18.2. The lowest BCUT2D eigenvalue weighted by Gasteiger charge is -2.63. The van der Waals surface area contributed by atoms with Gasteiger partial charge in [-0.25, -0.2) is 4.39 Å². The molecule has 0 saturated heterocycles. The fourth-order valence-electron chi connectivity index (χ4n) is 7.37. The number of esters is 1. The van der Waals surface area contributed by atoms with E-state index in [4.69, 9.17) is 4.74 Å². The molecule has 0 heterocycles. The summed E-state index contributed by atoms with van der Waals surface area (Å²) in [5.41, 5.74) is -5.88. The van der Waals surface area contributed by atoms with Crippen LogP contribution in [0.2, 0.25) is 0 Å². The summed E-state index contributed by atoms with van der Waals surface area (Å²) in [6.07, 6.45) is -0.293. The third-order valence-electron chi connectivity index (χ3n) is 9.09. The molecule has 0 aromatic heterocycles. The molecule has 0 amide bonds. The van der Waals surface area contributed by atoms with Gasteiger partial charge in [0.2, 0.25) is 5.78 Å². The Balaban J connectivity index is 1.75. The maximum atomic E-state index is 17.0. The van der Waals surface area contributed by atoms with Gasteiger partial charge >= 0.3 is 5.97 Å². The average Bonchev–Trinajstić information content (AvgIpc) is 2.89. The van der Waals surface area contributed by atoms with Gasteiger partial charge in [0.15, 0.2) is 18.0 Å². The normalized spacial score (nSPS) is 48.9. The zero-order valence-corrected chi connectivity index (χ0v) is 18.2. The van der Waals surface area contributed by atoms with Gasteiger partial charge in [-0.2, -0.15) is 0 Å². The number of hydrogen-bond acceptors (Lipinski definition) is 7. The fourth-order valence-corrected chi connectivity index (χ4v) is 7.37. The van der Waals surface area contributed by atoms with Crippen molar-refractivity contribution in [1.82, 2.24) is 0 Å². The van der Waals surface area contributed by atoms with Crippen LogP contribution >= 0.6 is 0 Å². The van der Waals surface area contributed by atoms with E-state index in [2.05, 4.69) is 0 Å². The van der Waals surface area contributed by atoms with Crippen LogP contribution in [0.25, 0.3) is 0 Å². The third-order valence-corrected chi connectivity index (χ3v) is 9.09. The number of aliphatic hydroxyl groups is 3. The summed E-state index contributed by atoms with van der Waals surface area (Å²) in [7, 11) is 0. The Morgan fingerprint density at radius 1 is 1.19 bits per heavy atom. The van der Waals surface area contributed by atoms with Crippen molar-refractivity contribution in [1.29, 1.82) is 0 Å². The van der Waals surface area contributed by atoms with Gasteiger partial charge in [-0.05, 0) is 44.1 Å². The van der Waals surface area contributed by atoms with Crippen LogP contribution in [-0.4, -0.2) is 62.9 Å². The second-order valence-corrected chi connectivity index (χ2v) is 10.3. The molecular weight excluding hydrogens is 407 g/mol. The molecule has 0 spiro atoms. The highest BCUT2D eigenvalue weighted by atomic mass is 19.1. The molecule has 31 heavy (non-hydrogen) atoms. The van der Waals surface area contributed by atoms with E-state index < -0.39 is 64.5 Å². The van der Waals surface area contributed by atoms with E-state index in [-0.39, 0.29) is 25.0 Å². The van der Waals surface area contributed by atoms with Gasteiger partial charge < -0.3 is 20.1 Å². The summed E-state index contributed by atoms with van der Waals surface area (Å²) in [6.45, 7) is 3.81. The summed E-state index contributed by atoms with van der Waals surface area (Å²) in [5.74, 6) is -2.82. The maximum absolute atomic E-state index is 17.0. The first-order valence-corrected chi connectivity index (χ1v) is 11.0. The van der Waals surface area contributed by atoms with Crippen molar-refractivity contribution in [2.24, 2.45) is 22.7 Å². The monoisotopic (exact) mass is 438 g/mol. The highest BCUT2D eigenvalue weighted by Crippen LogP contribution is 2.70. The molecule has 3 N–H and O–H groups in total. The number of hydrogen-bond donors (Lipinski definition) is 3. The van der Waals surface area contributed by atoms with Gasteiger partial charge in [0.05, 0.1) is 12.2 Å². The minimum Gasteiger partial charge on any atom is -0.458 e. The summed E-state index contributed by atoms with van der Waals surface area (Å²) >= 11 is 0. The van der Waals surface area contributed by atoms with E-state index in [1.54, 1.807) is 13.8 Å². The van der Waals surface area contributed by atoms with Crippen LogP contribution in [0, 0.1) is 22.7 Å². The van der Waals surface area contributed by atoms with E-state index in [0.29, 0.717) is 24.8 Å². The van der Waals surface area contributed by atoms with Crippen LogP contribution in [-0.2, 0) is 19.1 Å². The van der Waals surface area contributed by atoms with Gasteiger partial charge in [-0.3, -0.25) is 14.4 Å². The number of carbonyl (C=O) groups excluding carboxylic acids is 3. The first kappa shape index (κ1) is 22.6. The minimum atomic E-state index is -2.25. The molecule has 0 bridgehead atoms. The number of alkyl halides is 1. The molecule has 3 fully saturated rings. The average molecular weight is 438 g/mol. The number of fused-ring (bicyclic) bond motifs is 5. The SMILES string of the molecule is CC(=O)OCC(=O)[C@@]1(O)[C@H](O)C[C@H]2[C@@H]3CCC4=CC(=O)CC[C@]4(C)[C@@]3(F)C(O)C[C@@]21C. The van der Waals surface area contributed by atoms with Gasteiger partial charge in [0.25, 0.3) is 0 Å². The van der Waals surface area contributed by atoms with Crippen molar-refractivity contribution in [3.8, 4) is 0 Å². The Morgan fingerprint density at radius 3 is 2.52 bits per heavy atom. The van der Waals surface area contributed by atoms with E-state index in [0.717, 1.165) is 6.92 Å². The molecule has 7 nitrogen and oxygen atoms in total. The maximum Gasteiger partial charge on any atom is 0.303 e. The Morgan fingerprint density at radius 2 is 1.87 bits per heavy atom. The Labute approximate surface area is 180 Å². The molecule has 1 unspecified atom stereocenters. The lowest BCUT2D eigenvalue weighted by atomic mass is 9.44. The largest absolute Gasteiger partial charge is 0.458 e. The third kappa shape index (κ3) is 2.70. The van der Waals surface area contributed by atoms with E-state index in [9.17, 15) is 29.7 Å². The van der Waals surface area contributed by atoms with Gasteiger partial charge in [0, 0.05) is 30.1 Å². The van der Waals surface area contributed by atoms with Crippen molar-refractivity contribution in [3.63, 3.8) is 0 Å². The standard InChI is InChI=1S/C23H31FO7/c1-12(25)31-11-19(29)23(30)17(27)9-16-15-5-4-13-8-14(26)6-7-20(13,2)22(15,24)18(28)10-21(16,23)3/h8,15-18,27-28,30H,4-7,9-11H2,1-3H3/t15-,16-,17+,18?,20-,21-,22-,23-/m0/s1. The van der Waals surface area contributed by atoms with Crippen LogP contribution in [0.5, 0.6) is 0 Å². The quantitative estimate of drug-likeness (QED) is 0.570. The molecule has 8 atom stereocenters. The molecule has 0 aliphatic heterocycles. The summed E-state index contributed by atoms with van der Waals surface area (Å²) in [5, 5.41) is 33.4. The van der Waals surface area contributed by atoms with Gasteiger partial charge in [-0.15, -0.1) is 0 Å². The summed E-state index contributed by atoms with van der Waals surface area (Å²) in [4.78, 5) is 36.0. The van der Waals surface area contributed by atoms with E-state index >= 15 is 4.39 Å². The van der Waals surface area contributed by atoms with Crippen molar-refractivity contribution in [3.05, 3.63) is 11.6 Å². The van der Waals surface area contributed by atoms with Crippen molar-refractivity contribution in [2.45, 2.75) is 82.8 Å². The molecular formula is C23H31FO7. The zero-order chi connectivity index (χ0) is 23.0. The predicted molar refractivity (Wildman–Crippen MR) is 106 cm³/mol. The summed E-state index contributed by atoms with van der Waals surface area (Å²) in [6, 6.07) is 0. The van der Waals surface area contributed by atoms with E-state index in [1.807, 2.05) is 0 Å². The fraction of sp³-hybridized carbons (Fsp3) is 0.783. The molecule has 0 radical (unpaired) electrons. The molecule has 0 aromatic carbocycles. The molecule has 4 aliphatic carbocycles. The molecule has 4 aliphatic rings. The molecule has 0 aromatic rings. The van der Waals surface area contributed by atoms with Crippen molar-refractivity contribution < 1.29 is 38.8 Å². The predicted octanol–water partition coefficient (Wildman–Crippen LogP) is 1.42. The highest BCUT2D eigenvalue weighted by Gasteiger charge is 2.76. The van der Waals surface area contributed by atoms with E-state index in [1.165, 1.54) is 6.08 Å². The van der Waals surface area contributed by atoms with Crippen LogP contribution in [0.15, 0.2) is 11.6 Å².